The van der Waals surface area contributed by atoms with Crippen LogP contribution in [0.4, 0.5) is 15.8 Å². The fraction of sp³-hybridized carbons (Fsp3) is 0.348. The van der Waals surface area contributed by atoms with Crippen LogP contribution in [0.1, 0.15) is 18.1 Å². The zero-order chi connectivity index (χ0) is 21.5. The van der Waals surface area contributed by atoms with Gasteiger partial charge in [0.1, 0.15) is 0 Å². The van der Waals surface area contributed by atoms with Crippen LogP contribution in [0.2, 0.25) is 0 Å². The van der Waals surface area contributed by atoms with Crippen LogP contribution in [0.15, 0.2) is 41.8 Å². The summed E-state index contributed by atoms with van der Waals surface area (Å²) in [7, 11) is 1.44. The summed E-state index contributed by atoms with van der Waals surface area (Å²) in [5.41, 5.74) is 4.66. The SMILES string of the molecule is C=Nc1cc(F)c(OC)cc1/C(=C\C)c1cnn2cc(N3C[C@H]4CNC[C@H]4C3)cnc12. The Morgan fingerprint density at radius 1 is 1.26 bits per heavy atom. The number of aliphatic imine (C=N–C) groups is 1. The second-order valence-corrected chi connectivity index (χ2v) is 8.09. The van der Waals surface area contributed by atoms with Crippen LogP contribution in [0, 0.1) is 17.7 Å². The van der Waals surface area contributed by atoms with Crippen molar-refractivity contribution in [2.45, 2.75) is 6.92 Å². The van der Waals surface area contributed by atoms with Crippen LogP contribution < -0.4 is 15.0 Å². The average molecular weight is 420 g/mol. The molecule has 2 saturated heterocycles. The molecule has 1 N–H and O–H groups in total. The molecule has 0 spiro atoms. The molecule has 31 heavy (non-hydrogen) atoms. The first-order chi connectivity index (χ1) is 15.1. The second kappa shape index (κ2) is 7.77. The maximum Gasteiger partial charge on any atom is 0.167 e. The minimum absolute atomic E-state index is 0.155. The van der Waals surface area contributed by atoms with Crippen LogP contribution in [0.5, 0.6) is 5.75 Å². The predicted octanol–water partition coefficient (Wildman–Crippen LogP) is 3.32. The lowest BCUT2D eigenvalue weighted by Crippen LogP contribution is -2.25. The largest absolute Gasteiger partial charge is 0.494 e. The number of anilines is 1. The van der Waals surface area contributed by atoms with Gasteiger partial charge >= 0.3 is 0 Å². The van der Waals surface area contributed by atoms with Gasteiger partial charge in [0.15, 0.2) is 17.2 Å². The van der Waals surface area contributed by atoms with E-state index in [0.717, 1.165) is 54.2 Å². The molecule has 2 aromatic heterocycles. The Morgan fingerprint density at radius 3 is 2.71 bits per heavy atom. The quantitative estimate of drug-likeness (QED) is 0.642. The number of ether oxygens (including phenoxy) is 1. The van der Waals surface area contributed by atoms with E-state index in [2.05, 4.69) is 27.0 Å². The average Bonchev–Trinajstić information content (AvgIpc) is 3.49. The Labute approximate surface area is 180 Å². The molecule has 5 rings (SSSR count). The van der Waals surface area contributed by atoms with Crippen molar-refractivity contribution < 1.29 is 9.13 Å². The van der Waals surface area contributed by atoms with Gasteiger partial charge in [0.25, 0.3) is 0 Å². The molecule has 0 bridgehead atoms. The number of nitrogens with one attached hydrogen (secondary N) is 1. The van der Waals surface area contributed by atoms with Gasteiger partial charge in [0.05, 0.1) is 37.1 Å². The highest BCUT2D eigenvalue weighted by molar-refractivity contribution is 5.90. The first-order valence-corrected chi connectivity index (χ1v) is 10.4. The third-order valence-corrected chi connectivity index (χ3v) is 6.41. The van der Waals surface area contributed by atoms with E-state index in [-0.39, 0.29) is 5.75 Å². The number of halogens is 1. The molecule has 0 unspecified atom stereocenters. The normalized spacial score (nSPS) is 21.0. The molecule has 4 heterocycles. The van der Waals surface area contributed by atoms with E-state index < -0.39 is 5.82 Å². The lowest BCUT2D eigenvalue weighted by molar-refractivity contribution is 0.386. The van der Waals surface area contributed by atoms with Crippen LogP contribution in [-0.2, 0) is 0 Å². The molecule has 2 fully saturated rings. The highest BCUT2D eigenvalue weighted by Gasteiger charge is 2.36. The van der Waals surface area contributed by atoms with E-state index in [0.29, 0.717) is 17.5 Å². The van der Waals surface area contributed by atoms with Crippen molar-refractivity contribution in [3.05, 3.63) is 53.7 Å². The Bertz CT molecular complexity index is 1170. The molecular formula is C23H25FN6O. The third kappa shape index (κ3) is 3.27. The zero-order valence-corrected chi connectivity index (χ0v) is 17.7. The summed E-state index contributed by atoms with van der Waals surface area (Å²) in [5.74, 6) is 1.09. The molecule has 0 radical (unpaired) electrons. The van der Waals surface area contributed by atoms with E-state index in [4.69, 9.17) is 9.72 Å². The topological polar surface area (TPSA) is 67.1 Å². The lowest BCUT2D eigenvalue weighted by Gasteiger charge is -2.19. The Hall–Kier alpha value is -3.26. The number of hydrogen-bond donors (Lipinski definition) is 1. The Balaban J connectivity index is 1.52. The summed E-state index contributed by atoms with van der Waals surface area (Å²) in [4.78, 5) is 11.1. The number of benzene rings is 1. The summed E-state index contributed by atoms with van der Waals surface area (Å²) >= 11 is 0. The minimum Gasteiger partial charge on any atom is -0.494 e. The van der Waals surface area contributed by atoms with Gasteiger partial charge < -0.3 is 15.0 Å². The molecule has 8 heteroatoms. The Kier molecular flexibility index (Phi) is 4.94. The fourth-order valence-corrected chi connectivity index (χ4v) is 4.79. The van der Waals surface area contributed by atoms with Gasteiger partial charge in [-0.2, -0.15) is 5.10 Å². The lowest BCUT2D eigenvalue weighted by atomic mass is 9.97. The molecule has 3 aromatic rings. The molecule has 2 aliphatic rings. The molecular weight excluding hydrogens is 395 g/mol. The van der Waals surface area contributed by atoms with Gasteiger partial charge in [-0.1, -0.05) is 6.08 Å². The van der Waals surface area contributed by atoms with Crippen molar-refractivity contribution in [2.75, 3.05) is 38.2 Å². The van der Waals surface area contributed by atoms with Crippen LogP contribution >= 0.6 is 0 Å². The maximum atomic E-state index is 14.2. The first-order valence-electron chi connectivity index (χ1n) is 10.4. The van der Waals surface area contributed by atoms with Gasteiger partial charge in [-0.25, -0.2) is 13.9 Å². The van der Waals surface area contributed by atoms with E-state index in [1.165, 1.54) is 13.2 Å². The molecule has 0 amide bonds. The summed E-state index contributed by atoms with van der Waals surface area (Å²) in [6.07, 6.45) is 7.68. The number of nitrogens with zero attached hydrogens (tertiary/aromatic N) is 5. The van der Waals surface area contributed by atoms with Crippen LogP contribution in [0.25, 0.3) is 11.2 Å². The van der Waals surface area contributed by atoms with Gasteiger partial charge in [-0.05, 0) is 37.1 Å². The van der Waals surface area contributed by atoms with Gasteiger partial charge in [-0.15, -0.1) is 0 Å². The van der Waals surface area contributed by atoms with Crippen molar-refractivity contribution in [2.24, 2.45) is 16.8 Å². The first kappa shape index (κ1) is 19.7. The molecule has 2 atom stereocenters. The monoisotopic (exact) mass is 420 g/mol. The van der Waals surface area contributed by atoms with Crippen LogP contribution in [-0.4, -0.2) is 54.6 Å². The van der Waals surface area contributed by atoms with Crippen LogP contribution in [0.3, 0.4) is 0 Å². The van der Waals surface area contributed by atoms with E-state index in [9.17, 15) is 4.39 Å². The molecule has 160 valence electrons. The van der Waals surface area contributed by atoms with Crippen molar-refractivity contribution in [3.8, 4) is 5.75 Å². The number of rotatable bonds is 5. The summed E-state index contributed by atoms with van der Waals surface area (Å²) < 4.78 is 21.2. The number of methoxy groups -OCH3 is 1. The van der Waals surface area contributed by atoms with Crippen molar-refractivity contribution in [1.82, 2.24) is 19.9 Å². The number of allylic oxidation sites excluding steroid dienone is 1. The highest BCUT2D eigenvalue weighted by Crippen LogP contribution is 2.37. The summed E-state index contributed by atoms with van der Waals surface area (Å²) in [6.45, 7) is 9.79. The van der Waals surface area contributed by atoms with E-state index in [1.807, 2.05) is 29.9 Å². The number of aromatic nitrogens is 3. The van der Waals surface area contributed by atoms with Gasteiger partial charge in [-0.3, -0.25) is 4.99 Å². The number of hydrogen-bond acceptors (Lipinski definition) is 6. The number of fused-ring (bicyclic) bond motifs is 2. The predicted molar refractivity (Wildman–Crippen MR) is 120 cm³/mol. The summed E-state index contributed by atoms with van der Waals surface area (Å²) in [6, 6.07) is 2.98. The van der Waals surface area contributed by atoms with E-state index in [1.54, 1.807) is 12.3 Å². The third-order valence-electron chi connectivity index (χ3n) is 6.41. The second-order valence-electron chi connectivity index (χ2n) is 8.09. The molecule has 1 aromatic carbocycles. The smallest absolute Gasteiger partial charge is 0.167 e. The van der Waals surface area contributed by atoms with Gasteiger partial charge in [0.2, 0.25) is 0 Å². The molecule has 7 nitrogen and oxygen atoms in total. The van der Waals surface area contributed by atoms with Crippen molar-refractivity contribution in [1.29, 1.82) is 0 Å². The minimum atomic E-state index is -0.475. The van der Waals surface area contributed by atoms with Gasteiger partial charge in [0, 0.05) is 43.4 Å². The van der Waals surface area contributed by atoms with Crippen molar-refractivity contribution in [3.63, 3.8) is 0 Å². The van der Waals surface area contributed by atoms with E-state index >= 15 is 0 Å². The highest BCUT2D eigenvalue weighted by atomic mass is 19.1. The molecule has 0 aliphatic carbocycles. The fourth-order valence-electron chi connectivity index (χ4n) is 4.79. The van der Waals surface area contributed by atoms with Crippen molar-refractivity contribution >= 4 is 29.3 Å². The molecule has 0 saturated carbocycles. The standard InChI is InChI=1S/C23H25FN6O/c1-4-17(18-5-22(31-3)20(24)6-21(18)25-2)19-10-28-30-13-16(9-27-23(19)30)29-11-14-7-26-8-15(14)12-29/h4-6,9-10,13-15,26H,2,7-8,11-12H2,1,3H3/b17-4+/t14-,15+. The molecule has 2 aliphatic heterocycles. The maximum absolute atomic E-state index is 14.2. The zero-order valence-electron chi connectivity index (χ0n) is 17.7. The Morgan fingerprint density at radius 2 is 2.03 bits per heavy atom. The summed E-state index contributed by atoms with van der Waals surface area (Å²) in [5, 5.41) is 8.03.